The summed E-state index contributed by atoms with van der Waals surface area (Å²) in [5.74, 6) is 0.268. The molecule has 0 unspecified atom stereocenters. The van der Waals surface area contributed by atoms with E-state index in [0.29, 0.717) is 24.7 Å². The number of nitrogens with two attached hydrogens (primary N) is 1. The molecule has 0 fully saturated rings. The summed E-state index contributed by atoms with van der Waals surface area (Å²) in [7, 11) is 1.78. The number of amides is 1. The molecule has 0 spiro atoms. The monoisotopic (exact) mass is 288 g/mol. The topological polar surface area (TPSA) is 75.0 Å². The van der Waals surface area contributed by atoms with Gasteiger partial charge in [0, 0.05) is 19.3 Å². The van der Waals surface area contributed by atoms with Crippen molar-refractivity contribution in [1.29, 1.82) is 0 Å². The third-order valence-corrected chi connectivity index (χ3v) is 3.00. The molecule has 6 heteroatoms. The van der Waals surface area contributed by atoms with E-state index in [9.17, 15) is 4.79 Å². The van der Waals surface area contributed by atoms with Crippen molar-refractivity contribution in [3.63, 3.8) is 0 Å². The van der Waals surface area contributed by atoms with Crippen molar-refractivity contribution in [2.24, 2.45) is 11.1 Å². The summed E-state index contributed by atoms with van der Waals surface area (Å²) < 4.78 is 0. The summed E-state index contributed by atoms with van der Waals surface area (Å²) in [6.07, 6.45) is 0. The molecule has 1 aromatic heterocycles. The standard InChI is InChI=1S/C13H24N4O.ClH/c1-9(2)10-6-11(16-15-10)12(18)17(5)8-13(3,4)7-14;/h6,9H,7-8,14H2,1-5H3,(H,15,16);1H. The number of H-pyrrole nitrogens is 1. The van der Waals surface area contributed by atoms with Crippen molar-refractivity contribution in [2.45, 2.75) is 33.6 Å². The number of hydrogen-bond acceptors (Lipinski definition) is 3. The first-order valence-electron chi connectivity index (χ1n) is 6.27. The summed E-state index contributed by atoms with van der Waals surface area (Å²) in [5, 5.41) is 6.96. The van der Waals surface area contributed by atoms with Crippen LogP contribution < -0.4 is 5.73 Å². The molecule has 1 heterocycles. The number of halogens is 1. The molecule has 1 rings (SSSR count). The summed E-state index contributed by atoms with van der Waals surface area (Å²) in [4.78, 5) is 13.9. The second kappa shape index (κ2) is 6.91. The second-order valence-corrected chi connectivity index (χ2v) is 5.89. The molecule has 0 aromatic carbocycles. The van der Waals surface area contributed by atoms with Crippen LogP contribution in [0.3, 0.4) is 0 Å². The lowest BCUT2D eigenvalue weighted by Gasteiger charge is -2.28. The van der Waals surface area contributed by atoms with Gasteiger partial charge in [-0.15, -0.1) is 12.4 Å². The van der Waals surface area contributed by atoms with Gasteiger partial charge in [0.2, 0.25) is 0 Å². The lowest BCUT2D eigenvalue weighted by molar-refractivity contribution is 0.0734. The molecule has 19 heavy (non-hydrogen) atoms. The molecule has 110 valence electrons. The number of hydrogen-bond donors (Lipinski definition) is 2. The Bertz CT molecular complexity index is 415. The van der Waals surface area contributed by atoms with Crippen molar-refractivity contribution in [3.8, 4) is 0 Å². The molecule has 0 aliphatic rings. The summed E-state index contributed by atoms with van der Waals surface area (Å²) in [6, 6.07) is 1.82. The van der Waals surface area contributed by atoms with E-state index in [-0.39, 0.29) is 23.7 Å². The van der Waals surface area contributed by atoms with Gasteiger partial charge in [0.25, 0.3) is 5.91 Å². The number of nitrogens with one attached hydrogen (secondary N) is 1. The number of nitrogens with zero attached hydrogens (tertiary/aromatic N) is 2. The van der Waals surface area contributed by atoms with Crippen molar-refractivity contribution >= 4 is 18.3 Å². The zero-order valence-electron chi connectivity index (χ0n) is 12.4. The van der Waals surface area contributed by atoms with Crippen LogP contribution in [0.5, 0.6) is 0 Å². The van der Waals surface area contributed by atoms with Crippen LogP contribution in [0, 0.1) is 5.41 Å². The number of aromatic amines is 1. The molecule has 1 amide bonds. The summed E-state index contributed by atoms with van der Waals surface area (Å²) >= 11 is 0. The zero-order chi connectivity index (χ0) is 13.9. The third-order valence-electron chi connectivity index (χ3n) is 3.00. The van der Waals surface area contributed by atoms with E-state index in [2.05, 4.69) is 24.0 Å². The van der Waals surface area contributed by atoms with Crippen molar-refractivity contribution in [1.82, 2.24) is 15.1 Å². The van der Waals surface area contributed by atoms with Crippen LogP contribution in [0.4, 0.5) is 0 Å². The highest BCUT2D eigenvalue weighted by molar-refractivity contribution is 5.92. The van der Waals surface area contributed by atoms with E-state index in [1.54, 1.807) is 11.9 Å². The summed E-state index contributed by atoms with van der Waals surface area (Å²) in [5.41, 5.74) is 7.04. The maximum Gasteiger partial charge on any atom is 0.274 e. The normalized spacial score (nSPS) is 11.3. The Kier molecular flexibility index (Phi) is 6.52. The number of rotatable bonds is 5. The molecule has 0 aliphatic heterocycles. The smallest absolute Gasteiger partial charge is 0.274 e. The highest BCUT2D eigenvalue weighted by atomic mass is 35.5. The van der Waals surface area contributed by atoms with E-state index in [0.717, 1.165) is 5.69 Å². The maximum atomic E-state index is 12.2. The molecule has 5 nitrogen and oxygen atoms in total. The number of carbonyl (C=O) groups excluding carboxylic acids is 1. The van der Waals surface area contributed by atoms with Gasteiger partial charge in [0.15, 0.2) is 0 Å². The van der Waals surface area contributed by atoms with Crippen LogP contribution in [0.15, 0.2) is 6.07 Å². The van der Waals surface area contributed by atoms with Gasteiger partial charge in [0.1, 0.15) is 5.69 Å². The molecular weight excluding hydrogens is 264 g/mol. The predicted octanol–water partition coefficient (Wildman–Crippen LogP) is 2.01. The molecule has 0 bridgehead atoms. The Morgan fingerprint density at radius 2 is 2.11 bits per heavy atom. The van der Waals surface area contributed by atoms with Crippen molar-refractivity contribution in [3.05, 3.63) is 17.5 Å². The van der Waals surface area contributed by atoms with Gasteiger partial charge in [-0.3, -0.25) is 9.89 Å². The van der Waals surface area contributed by atoms with Gasteiger partial charge >= 0.3 is 0 Å². The van der Waals surface area contributed by atoms with E-state index in [1.807, 2.05) is 19.9 Å². The third kappa shape index (κ3) is 4.84. The van der Waals surface area contributed by atoms with Crippen molar-refractivity contribution < 1.29 is 4.79 Å². The van der Waals surface area contributed by atoms with Gasteiger partial charge in [0.05, 0.1) is 0 Å². The molecule has 0 aliphatic carbocycles. The van der Waals surface area contributed by atoms with Crippen LogP contribution in [-0.2, 0) is 0 Å². The van der Waals surface area contributed by atoms with E-state index in [1.165, 1.54) is 0 Å². The number of carbonyl (C=O) groups is 1. The molecule has 0 atom stereocenters. The average molecular weight is 289 g/mol. The fourth-order valence-corrected chi connectivity index (χ4v) is 1.72. The lowest BCUT2D eigenvalue weighted by Crippen LogP contribution is -2.39. The molecular formula is C13H25ClN4O. The molecule has 0 saturated carbocycles. The highest BCUT2D eigenvalue weighted by Gasteiger charge is 2.23. The van der Waals surface area contributed by atoms with Gasteiger partial charge in [-0.2, -0.15) is 5.10 Å². The first kappa shape index (κ1) is 17.9. The molecule has 3 N–H and O–H groups in total. The van der Waals surface area contributed by atoms with Gasteiger partial charge < -0.3 is 10.6 Å². The molecule has 0 radical (unpaired) electrons. The zero-order valence-corrected chi connectivity index (χ0v) is 13.2. The first-order valence-corrected chi connectivity index (χ1v) is 6.27. The average Bonchev–Trinajstić information content (AvgIpc) is 2.76. The fourth-order valence-electron chi connectivity index (χ4n) is 1.72. The lowest BCUT2D eigenvalue weighted by atomic mass is 9.93. The van der Waals surface area contributed by atoms with Crippen LogP contribution in [0.25, 0.3) is 0 Å². The van der Waals surface area contributed by atoms with E-state index in [4.69, 9.17) is 5.73 Å². The quantitative estimate of drug-likeness (QED) is 0.870. The minimum atomic E-state index is -0.0818. The Balaban J connectivity index is 0.00000324. The number of aromatic nitrogens is 2. The Hall–Kier alpha value is -1.07. The van der Waals surface area contributed by atoms with E-state index < -0.39 is 0 Å². The minimum Gasteiger partial charge on any atom is -0.340 e. The van der Waals surface area contributed by atoms with Gasteiger partial charge in [-0.25, -0.2) is 0 Å². The predicted molar refractivity (Wildman–Crippen MR) is 79.7 cm³/mol. The first-order chi connectivity index (χ1) is 8.26. The Morgan fingerprint density at radius 3 is 2.53 bits per heavy atom. The maximum absolute atomic E-state index is 12.2. The Morgan fingerprint density at radius 1 is 1.53 bits per heavy atom. The van der Waals surface area contributed by atoms with Crippen molar-refractivity contribution in [2.75, 3.05) is 20.1 Å². The SMILES string of the molecule is CC(C)c1cc(C(=O)N(C)CC(C)(C)CN)n[nH]1.Cl. The minimum absolute atomic E-state index is 0. The molecule has 0 saturated heterocycles. The van der Waals surface area contributed by atoms with Gasteiger partial charge in [-0.05, 0) is 23.9 Å². The fraction of sp³-hybridized carbons (Fsp3) is 0.692. The highest BCUT2D eigenvalue weighted by Crippen LogP contribution is 2.17. The van der Waals surface area contributed by atoms with Crippen LogP contribution in [0.2, 0.25) is 0 Å². The van der Waals surface area contributed by atoms with Crippen LogP contribution in [-0.4, -0.2) is 41.1 Å². The second-order valence-electron chi connectivity index (χ2n) is 5.89. The Labute approximate surface area is 121 Å². The van der Waals surface area contributed by atoms with E-state index >= 15 is 0 Å². The van der Waals surface area contributed by atoms with Gasteiger partial charge in [-0.1, -0.05) is 27.7 Å². The summed E-state index contributed by atoms with van der Waals surface area (Å²) in [6.45, 7) is 9.36. The van der Waals surface area contributed by atoms with Crippen LogP contribution in [0.1, 0.15) is 49.8 Å². The molecule has 1 aromatic rings. The largest absolute Gasteiger partial charge is 0.340 e. The van der Waals surface area contributed by atoms with Crippen LogP contribution >= 0.6 is 12.4 Å².